The Labute approximate surface area is 160 Å². The molecule has 0 atom stereocenters. The zero-order valence-electron chi connectivity index (χ0n) is 14.7. The second-order valence-electron chi connectivity index (χ2n) is 5.53. The van der Waals surface area contributed by atoms with E-state index in [4.69, 9.17) is 9.47 Å². The van der Waals surface area contributed by atoms with Crippen molar-refractivity contribution in [2.24, 2.45) is 0 Å². The van der Waals surface area contributed by atoms with Gasteiger partial charge in [0.2, 0.25) is 5.91 Å². The van der Waals surface area contributed by atoms with Crippen molar-refractivity contribution in [1.29, 1.82) is 0 Å². The maximum atomic E-state index is 12.2. The van der Waals surface area contributed by atoms with E-state index in [1.165, 1.54) is 0 Å². The first-order valence-electron chi connectivity index (χ1n) is 8.23. The number of ether oxygens (including phenoxy) is 2. The molecular weight excluding hydrogens is 368 g/mol. The maximum absolute atomic E-state index is 12.2. The van der Waals surface area contributed by atoms with Crippen LogP contribution in [0, 0.1) is 0 Å². The van der Waals surface area contributed by atoms with Crippen LogP contribution >= 0.6 is 22.7 Å². The van der Waals surface area contributed by atoms with Crippen molar-refractivity contribution in [1.82, 2.24) is 10.3 Å². The first kappa shape index (κ1) is 18.4. The van der Waals surface area contributed by atoms with Gasteiger partial charge in [-0.1, -0.05) is 6.07 Å². The maximum Gasteiger partial charge on any atom is 0.226 e. The molecule has 0 aliphatic carbocycles. The van der Waals surface area contributed by atoms with Crippen molar-refractivity contribution in [3.05, 3.63) is 51.7 Å². The first-order chi connectivity index (χ1) is 12.7. The van der Waals surface area contributed by atoms with Gasteiger partial charge in [0.05, 0.1) is 25.8 Å². The molecule has 3 aromatic rings. The molecule has 136 valence electrons. The number of nitrogens with zero attached hydrogens (tertiary/aromatic N) is 1. The Morgan fingerprint density at radius 3 is 2.85 bits per heavy atom. The van der Waals surface area contributed by atoms with Gasteiger partial charge in [0.25, 0.3) is 0 Å². The topological polar surface area (TPSA) is 60.5 Å². The monoisotopic (exact) mass is 388 g/mol. The number of benzene rings is 1. The number of carbonyl (C=O) groups is 1. The lowest BCUT2D eigenvalue weighted by molar-refractivity contribution is -0.120. The molecule has 2 heterocycles. The molecule has 0 aliphatic rings. The van der Waals surface area contributed by atoms with Crippen LogP contribution in [0.4, 0.5) is 0 Å². The number of hydrogen-bond donors (Lipinski definition) is 1. The lowest BCUT2D eigenvalue weighted by atomic mass is 10.2. The van der Waals surface area contributed by atoms with E-state index in [1.54, 1.807) is 29.8 Å². The third kappa shape index (κ3) is 4.62. The van der Waals surface area contributed by atoms with Gasteiger partial charge < -0.3 is 14.8 Å². The number of nitrogens with one attached hydrogen (secondary N) is 1. The highest BCUT2D eigenvalue weighted by atomic mass is 32.1. The fourth-order valence-corrected chi connectivity index (χ4v) is 3.96. The molecule has 0 unspecified atom stereocenters. The molecule has 0 saturated carbocycles. The Bertz CT molecular complexity index is 860. The van der Waals surface area contributed by atoms with Crippen LogP contribution in [0.2, 0.25) is 0 Å². The number of amides is 1. The molecule has 2 aromatic heterocycles. The van der Waals surface area contributed by atoms with Crippen LogP contribution in [-0.4, -0.2) is 24.6 Å². The Hall–Kier alpha value is -2.38. The Morgan fingerprint density at radius 1 is 1.23 bits per heavy atom. The normalized spacial score (nSPS) is 10.5. The van der Waals surface area contributed by atoms with Gasteiger partial charge in [0.1, 0.15) is 5.01 Å². The van der Waals surface area contributed by atoms with Crippen LogP contribution < -0.4 is 14.8 Å². The van der Waals surface area contributed by atoms with Gasteiger partial charge in [0, 0.05) is 22.9 Å². The summed E-state index contributed by atoms with van der Waals surface area (Å²) < 4.78 is 10.8. The van der Waals surface area contributed by atoms with Crippen molar-refractivity contribution in [2.45, 2.75) is 19.9 Å². The Morgan fingerprint density at radius 2 is 2.12 bits per heavy atom. The third-order valence-corrected chi connectivity index (χ3v) is 5.30. The van der Waals surface area contributed by atoms with Crippen LogP contribution in [-0.2, 0) is 17.8 Å². The number of carbonyl (C=O) groups excluding carboxylic acids is 1. The Kier molecular flexibility index (Phi) is 6.25. The molecule has 1 aromatic carbocycles. The van der Waals surface area contributed by atoms with Crippen molar-refractivity contribution in [3.8, 4) is 22.1 Å². The van der Waals surface area contributed by atoms with Crippen molar-refractivity contribution >= 4 is 28.6 Å². The molecule has 0 saturated heterocycles. The average molecular weight is 389 g/mol. The smallest absolute Gasteiger partial charge is 0.226 e. The van der Waals surface area contributed by atoms with Gasteiger partial charge in [0.15, 0.2) is 11.5 Å². The van der Waals surface area contributed by atoms with E-state index in [2.05, 4.69) is 15.7 Å². The quantitative estimate of drug-likeness (QED) is 0.630. The molecule has 26 heavy (non-hydrogen) atoms. The highest BCUT2D eigenvalue weighted by Gasteiger charge is 2.10. The lowest BCUT2D eigenvalue weighted by Crippen LogP contribution is -2.24. The number of thiophene rings is 1. The average Bonchev–Trinajstić information content (AvgIpc) is 3.32. The second kappa shape index (κ2) is 8.82. The van der Waals surface area contributed by atoms with E-state index in [1.807, 2.05) is 41.9 Å². The highest BCUT2D eigenvalue weighted by Crippen LogP contribution is 2.28. The number of thiazole rings is 1. The van der Waals surface area contributed by atoms with E-state index in [0.29, 0.717) is 24.7 Å². The minimum atomic E-state index is -0.0555. The summed E-state index contributed by atoms with van der Waals surface area (Å²) in [7, 11) is 1.60. The molecule has 0 fully saturated rings. The molecular formula is C19H20N2O3S2. The van der Waals surface area contributed by atoms with E-state index in [9.17, 15) is 4.79 Å². The summed E-state index contributed by atoms with van der Waals surface area (Å²) in [5, 5.41) is 9.89. The summed E-state index contributed by atoms with van der Waals surface area (Å²) in [5.74, 6) is 1.31. The lowest BCUT2D eigenvalue weighted by Gasteiger charge is -2.11. The van der Waals surface area contributed by atoms with Gasteiger partial charge in [-0.25, -0.2) is 4.98 Å². The SMILES string of the molecule is CCOc1ccc(CNC(=O)Cc2csc(-c3ccsc3)n2)cc1OC. The van der Waals surface area contributed by atoms with Crippen molar-refractivity contribution in [3.63, 3.8) is 0 Å². The van der Waals surface area contributed by atoms with Crippen LogP contribution in [0.25, 0.3) is 10.6 Å². The molecule has 0 radical (unpaired) electrons. The third-order valence-electron chi connectivity index (χ3n) is 3.68. The first-order valence-corrected chi connectivity index (χ1v) is 10.0. The van der Waals surface area contributed by atoms with Crippen LogP contribution in [0.5, 0.6) is 11.5 Å². The molecule has 7 heteroatoms. The van der Waals surface area contributed by atoms with Crippen LogP contribution in [0.3, 0.4) is 0 Å². The summed E-state index contributed by atoms with van der Waals surface area (Å²) in [6.45, 7) is 2.94. The predicted molar refractivity (Wildman–Crippen MR) is 105 cm³/mol. The fourth-order valence-electron chi connectivity index (χ4n) is 2.43. The van der Waals surface area contributed by atoms with Gasteiger partial charge >= 0.3 is 0 Å². The molecule has 3 rings (SSSR count). The standard InChI is InChI=1S/C19H20N2O3S2/c1-3-24-16-5-4-13(8-17(16)23-2)10-20-18(22)9-15-12-26-19(21-15)14-6-7-25-11-14/h4-8,11-12H,3,9-10H2,1-2H3,(H,20,22). The minimum absolute atomic E-state index is 0.0555. The summed E-state index contributed by atoms with van der Waals surface area (Å²) in [5.41, 5.74) is 2.85. The largest absolute Gasteiger partial charge is 0.493 e. The van der Waals surface area contributed by atoms with Crippen molar-refractivity contribution < 1.29 is 14.3 Å². The van der Waals surface area contributed by atoms with Crippen LogP contribution in [0.15, 0.2) is 40.4 Å². The highest BCUT2D eigenvalue weighted by molar-refractivity contribution is 7.14. The van der Waals surface area contributed by atoms with Gasteiger partial charge in [-0.3, -0.25) is 4.79 Å². The number of hydrogen-bond acceptors (Lipinski definition) is 6. The van der Waals surface area contributed by atoms with E-state index in [-0.39, 0.29) is 12.3 Å². The minimum Gasteiger partial charge on any atom is -0.493 e. The number of rotatable bonds is 8. The van der Waals surface area contributed by atoms with E-state index < -0.39 is 0 Å². The number of aromatic nitrogens is 1. The van der Waals surface area contributed by atoms with E-state index in [0.717, 1.165) is 21.8 Å². The van der Waals surface area contributed by atoms with Crippen molar-refractivity contribution in [2.75, 3.05) is 13.7 Å². The number of methoxy groups -OCH3 is 1. The van der Waals surface area contributed by atoms with Gasteiger partial charge in [-0.2, -0.15) is 11.3 Å². The summed E-state index contributed by atoms with van der Waals surface area (Å²) in [6.07, 6.45) is 0.273. The van der Waals surface area contributed by atoms with Gasteiger partial charge in [-0.05, 0) is 36.1 Å². The fraction of sp³-hybridized carbons (Fsp3) is 0.263. The zero-order valence-corrected chi connectivity index (χ0v) is 16.3. The molecule has 0 spiro atoms. The Balaban J connectivity index is 1.56. The second-order valence-corrected chi connectivity index (χ2v) is 7.17. The molecule has 5 nitrogen and oxygen atoms in total. The molecule has 1 amide bonds. The van der Waals surface area contributed by atoms with Crippen LogP contribution in [0.1, 0.15) is 18.2 Å². The molecule has 0 aliphatic heterocycles. The van der Waals surface area contributed by atoms with Gasteiger partial charge in [-0.15, -0.1) is 11.3 Å². The van der Waals surface area contributed by atoms with E-state index >= 15 is 0 Å². The summed E-state index contributed by atoms with van der Waals surface area (Å²) in [4.78, 5) is 16.7. The molecule has 1 N–H and O–H groups in total. The summed E-state index contributed by atoms with van der Waals surface area (Å²) in [6, 6.07) is 7.69. The predicted octanol–water partition coefficient (Wildman–Crippen LogP) is 4.14. The summed E-state index contributed by atoms with van der Waals surface area (Å²) >= 11 is 3.20. The zero-order chi connectivity index (χ0) is 18.4. The molecule has 0 bridgehead atoms.